The first-order chi connectivity index (χ1) is 8.67. The van der Waals surface area contributed by atoms with Crippen molar-refractivity contribution in [3.8, 4) is 6.07 Å². The Balaban J connectivity index is 2.61. The number of carbonyl (C=O) groups excluding carboxylic acids is 1. The van der Waals surface area contributed by atoms with Crippen LogP contribution < -0.4 is 0 Å². The Morgan fingerprint density at radius 1 is 1.61 bits per heavy atom. The van der Waals surface area contributed by atoms with Crippen LogP contribution in [0.15, 0.2) is 18.3 Å². The zero-order valence-corrected chi connectivity index (χ0v) is 10.3. The number of carbonyl (C=O) groups is 1. The second-order valence-corrected chi connectivity index (χ2v) is 3.89. The van der Waals surface area contributed by atoms with E-state index in [9.17, 15) is 4.79 Å². The van der Waals surface area contributed by atoms with Crippen LogP contribution in [0.2, 0.25) is 0 Å². The summed E-state index contributed by atoms with van der Waals surface area (Å²) in [5.41, 5.74) is 2.50. The van der Waals surface area contributed by atoms with Crippen LogP contribution in [0.1, 0.15) is 28.7 Å². The molecule has 0 spiro atoms. The highest BCUT2D eigenvalue weighted by atomic mass is 16.5. The maximum atomic E-state index is 11.8. The molecule has 0 bridgehead atoms. The molecule has 0 fully saturated rings. The molecule has 0 amide bonds. The fourth-order valence-electron chi connectivity index (χ4n) is 1.80. The number of pyridine rings is 1. The number of ether oxygens (including phenoxy) is 1. The first-order valence-electron chi connectivity index (χ1n) is 5.69. The summed E-state index contributed by atoms with van der Waals surface area (Å²) in [4.78, 5) is 16.0. The normalized spacial score (nSPS) is 10.3. The summed E-state index contributed by atoms with van der Waals surface area (Å²) in [5, 5.41) is 8.85. The number of nitriles is 1. The summed E-state index contributed by atoms with van der Waals surface area (Å²) in [6.45, 7) is 3.97. The van der Waals surface area contributed by atoms with Gasteiger partial charge in [-0.1, -0.05) is 0 Å². The van der Waals surface area contributed by atoms with Gasteiger partial charge >= 0.3 is 5.97 Å². The molecule has 0 aliphatic carbocycles. The van der Waals surface area contributed by atoms with E-state index in [0.29, 0.717) is 11.3 Å². The van der Waals surface area contributed by atoms with E-state index in [2.05, 4.69) is 4.98 Å². The van der Waals surface area contributed by atoms with Crippen molar-refractivity contribution in [3.05, 3.63) is 35.3 Å². The molecule has 2 aromatic rings. The van der Waals surface area contributed by atoms with Crippen molar-refractivity contribution in [2.24, 2.45) is 0 Å². The van der Waals surface area contributed by atoms with Gasteiger partial charge in [-0.25, -0.2) is 9.78 Å². The number of rotatable bonds is 3. The van der Waals surface area contributed by atoms with E-state index in [0.717, 1.165) is 5.56 Å². The molecule has 5 nitrogen and oxygen atoms in total. The number of imidazole rings is 1. The smallest absolute Gasteiger partial charge is 0.358 e. The number of esters is 1. The van der Waals surface area contributed by atoms with E-state index >= 15 is 0 Å². The molecule has 2 aromatic heterocycles. The second-order valence-electron chi connectivity index (χ2n) is 3.89. The SMILES string of the molecule is CCOC(=O)c1nc2cc(C)ccn2c1CC#N. The van der Waals surface area contributed by atoms with Gasteiger partial charge in [-0.15, -0.1) is 0 Å². The van der Waals surface area contributed by atoms with Crippen molar-refractivity contribution in [2.45, 2.75) is 20.3 Å². The summed E-state index contributed by atoms with van der Waals surface area (Å²) in [7, 11) is 0. The van der Waals surface area contributed by atoms with Crippen molar-refractivity contribution < 1.29 is 9.53 Å². The topological polar surface area (TPSA) is 67.4 Å². The number of nitrogens with zero attached hydrogens (tertiary/aromatic N) is 3. The number of fused-ring (bicyclic) bond motifs is 1. The van der Waals surface area contributed by atoms with Crippen molar-refractivity contribution in [3.63, 3.8) is 0 Å². The molecule has 92 valence electrons. The minimum absolute atomic E-state index is 0.123. The van der Waals surface area contributed by atoms with E-state index in [-0.39, 0.29) is 18.7 Å². The van der Waals surface area contributed by atoms with Crippen LogP contribution in [-0.4, -0.2) is 22.0 Å². The predicted octanol–water partition coefficient (Wildman–Crippen LogP) is 1.89. The van der Waals surface area contributed by atoms with E-state index in [1.807, 2.05) is 31.3 Å². The van der Waals surface area contributed by atoms with Crippen molar-refractivity contribution in [2.75, 3.05) is 6.61 Å². The lowest BCUT2D eigenvalue weighted by atomic mass is 10.2. The molecule has 18 heavy (non-hydrogen) atoms. The number of aryl methyl sites for hydroxylation is 1. The summed E-state index contributed by atoms with van der Waals surface area (Å²) in [6.07, 6.45) is 1.94. The molecule has 0 saturated carbocycles. The largest absolute Gasteiger partial charge is 0.461 e. The highest BCUT2D eigenvalue weighted by Gasteiger charge is 2.19. The quantitative estimate of drug-likeness (QED) is 0.772. The van der Waals surface area contributed by atoms with Crippen LogP contribution in [0.4, 0.5) is 0 Å². The van der Waals surface area contributed by atoms with E-state index in [4.69, 9.17) is 10.00 Å². The van der Waals surface area contributed by atoms with Gasteiger partial charge in [0.2, 0.25) is 0 Å². The summed E-state index contributed by atoms with van der Waals surface area (Å²) >= 11 is 0. The van der Waals surface area contributed by atoms with Crippen LogP contribution in [0.5, 0.6) is 0 Å². The summed E-state index contributed by atoms with van der Waals surface area (Å²) < 4.78 is 6.70. The molecule has 0 aliphatic rings. The maximum absolute atomic E-state index is 11.8. The van der Waals surface area contributed by atoms with Crippen LogP contribution in [0, 0.1) is 18.3 Å². The van der Waals surface area contributed by atoms with Gasteiger partial charge in [-0.3, -0.25) is 0 Å². The second kappa shape index (κ2) is 4.88. The standard InChI is InChI=1S/C13H13N3O2/c1-3-18-13(17)12-10(4-6-14)16-7-5-9(2)8-11(16)15-12/h5,7-8H,3-4H2,1-2H3. The average Bonchev–Trinajstić information content (AvgIpc) is 2.68. The van der Waals surface area contributed by atoms with Crippen LogP contribution in [-0.2, 0) is 11.2 Å². The Kier molecular flexibility index (Phi) is 3.28. The molecule has 5 heteroatoms. The highest BCUT2D eigenvalue weighted by Crippen LogP contribution is 2.15. The molecule has 0 saturated heterocycles. The Hall–Kier alpha value is -2.35. The summed E-state index contributed by atoms with van der Waals surface area (Å²) in [5.74, 6) is -0.482. The molecule has 0 N–H and O–H groups in total. The molecular formula is C13H13N3O2. The lowest BCUT2D eigenvalue weighted by molar-refractivity contribution is 0.0519. The third-order valence-corrected chi connectivity index (χ3v) is 2.60. The average molecular weight is 243 g/mol. The van der Waals surface area contributed by atoms with Gasteiger partial charge in [0.05, 0.1) is 24.8 Å². The fourth-order valence-corrected chi connectivity index (χ4v) is 1.80. The van der Waals surface area contributed by atoms with Crippen LogP contribution in [0.25, 0.3) is 5.65 Å². The fraction of sp³-hybridized carbons (Fsp3) is 0.308. The minimum atomic E-state index is -0.482. The molecule has 0 aromatic carbocycles. The van der Waals surface area contributed by atoms with Gasteiger partial charge in [0.1, 0.15) is 5.65 Å². The molecule has 0 radical (unpaired) electrons. The first-order valence-corrected chi connectivity index (χ1v) is 5.69. The van der Waals surface area contributed by atoms with Gasteiger partial charge in [-0.2, -0.15) is 5.26 Å². The molecular weight excluding hydrogens is 230 g/mol. The van der Waals surface area contributed by atoms with Gasteiger partial charge in [0, 0.05) is 6.20 Å². The Bertz CT molecular complexity index is 637. The van der Waals surface area contributed by atoms with Crippen molar-refractivity contribution in [1.82, 2.24) is 9.38 Å². The predicted molar refractivity (Wildman–Crippen MR) is 65.2 cm³/mol. The number of hydrogen-bond acceptors (Lipinski definition) is 4. The van der Waals surface area contributed by atoms with Gasteiger partial charge in [0.15, 0.2) is 5.69 Å². The lowest BCUT2D eigenvalue weighted by Crippen LogP contribution is -2.08. The monoisotopic (exact) mass is 243 g/mol. The maximum Gasteiger partial charge on any atom is 0.358 e. The zero-order chi connectivity index (χ0) is 13.1. The molecule has 2 rings (SSSR count). The van der Waals surface area contributed by atoms with Crippen molar-refractivity contribution in [1.29, 1.82) is 5.26 Å². The first kappa shape index (κ1) is 12.1. The van der Waals surface area contributed by atoms with Crippen LogP contribution in [0.3, 0.4) is 0 Å². The molecule has 0 aliphatic heterocycles. The third kappa shape index (κ3) is 2.05. The van der Waals surface area contributed by atoms with Crippen LogP contribution >= 0.6 is 0 Å². The molecule has 0 unspecified atom stereocenters. The van der Waals surface area contributed by atoms with E-state index in [1.54, 1.807) is 11.3 Å². The Morgan fingerprint density at radius 3 is 3.06 bits per heavy atom. The third-order valence-electron chi connectivity index (χ3n) is 2.60. The van der Waals surface area contributed by atoms with Gasteiger partial charge in [-0.05, 0) is 31.5 Å². The van der Waals surface area contributed by atoms with E-state index in [1.165, 1.54) is 0 Å². The van der Waals surface area contributed by atoms with Gasteiger partial charge in [0.25, 0.3) is 0 Å². The summed E-state index contributed by atoms with van der Waals surface area (Å²) in [6, 6.07) is 5.82. The van der Waals surface area contributed by atoms with Crippen molar-refractivity contribution >= 4 is 11.6 Å². The minimum Gasteiger partial charge on any atom is -0.461 e. The molecule has 0 atom stereocenters. The highest BCUT2D eigenvalue weighted by molar-refractivity contribution is 5.89. The van der Waals surface area contributed by atoms with Gasteiger partial charge < -0.3 is 9.14 Å². The number of hydrogen-bond donors (Lipinski definition) is 0. The van der Waals surface area contributed by atoms with E-state index < -0.39 is 5.97 Å². The Morgan fingerprint density at radius 2 is 2.39 bits per heavy atom. The lowest BCUT2D eigenvalue weighted by Gasteiger charge is -2.01. The number of aromatic nitrogens is 2. The Labute approximate surface area is 105 Å². The zero-order valence-electron chi connectivity index (χ0n) is 10.3. The molecule has 2 heterocycles.